The molecule has 0 aromatic heterocycles. The van der Waals surface area contributed by atoms with Crippen LogP contribution in [0.1, 0.15) is 5.56 Å². The van der Waals surface area contributed by atoms with Gasteiger partial charge in [0, 0.05) is 12.0 Å². The van der Waals surface area contributed by atoms with Gasteiger partial charge in [-0.1, -0.05) is 0 Å². The molecule has 0 heterocycles. The number of hydrogen-bond acceptors (Lipinski definition) is 2. The maximum atomic E-state index is 13.2. The number of likely N-dealkylation sites (N-methyl/N-ethyl adjacent to an activating group) is 1. The minimum Gasteiger partial charge on any atom is -0.311 e. The molecule has 1 unspecified atom stereocenters. The largest absolute Gasteiger partial charge is 0.311 e. The highest BCUT2D eigenvalue weighted by atomic mass is 19.2. The molecule has 0 radical (unpaired) electrons. The van der Waals surface area contributed by atoms with Crippen LogP contribution in [0, 0.1) is 29.1 Å². The number of halogens is 5. The highest BCUT2D eigenvalue weighted by molar-refractivity contribution is 5.58. The van der Waals surface area contributed by atoms with Crippen LogP contribution in [0.4, 0.5) is 22.0 Å². The lowest BCUT2D eigenvalue weighted by atomic mass is 10.0. The van der Waals surface area contributed by atoms with Gasteiger partial charge in [0.25, 0.3) is 0 Å². The summed E-state index contributed by atoms with van der Waals surface area (Å²) in [6, 6.07) is -1.02. The fourth-order valence-electron chi connectivity index (χ4n) is 1.27. The zero-order valence-corrected chi connectivity index (χ0v) is 8.66. The molecule has 1 aromatic carbocycles. The summed E-state index contributed by atoms with van der Waals surface area (Å²) in [5.74, 6) is -10.1. The van der Waals surface area contributed by atoms with Gasteiger partial charge in [-0.05, 0) is 7.05 Å². The van der Waals surface area contributed by atoms with Crippen molar-refractivity contribution in [3.8, 4) is 0 Å². The van der Waals surface area contributed by atoms with Crippen LogP contribution in [0.25, 0.3) is 0 Å². The Labute approximate surface area is 93.4 Å². The van der Waals surface area contributed by atoms with Gasteiger partial charge in [-0.3, -0.25) is 0 Å². The first kappa shape index (κ1) is 13.6. The normalized spacial score (nSPS) is 12.6. The van der Waals surface area contributed by atoms with E-state index in [1.807, 2.05) is 0 Å². The van der Waals surface area contributed by atoms with Crippen molar-refractivity contribution in [3.05, 3.63) is 34.6 Å². The molecule has 1 aromatic rings. The van der Waals surface area contributed by atoms with E-state index in [2.05, 4.69) is 5.32 Å². The van der Waals surface area contributed by atoms with Crippen LogP contribution in [-0.4, -0.2) is 19.4 Å². The highest BCUT2D eigenvalue weighted by Crippen LogP contribution is 2.23. The highest BCUT2D eigenvalue weighted by Gasteiger charge is 2.26. The average Bonchev–Trinajstić information content (AvgIpc) is 2.34. The van der Waals surface area contributed by atoms with E-state index in [9.17, 15) is 26.7 Å². The van der Waals surface area contributed by atoms with Gasteiger partial charge in [-0.15, -0.1) is 0 Å². The van der Waals surface area contributed by atoms with Crippen LogP contribution >= 0.6 is 0 Å². The molecular formula is C10H8F5NO. The standard InChI is InChI=1S/C10H8F5NO/c1-16-4(3-17)2-5-6(11)8(13)10(15)9(14)7(5)12/h3-4,16H,2H2,1H3. The second kappa shape index (κ2) is 5.22. The Hall–Kier alpha value is -1.50. The molecule has 94 valence electrons. The summed E-state index contributed by atoms with van der Waals surface area (Å²) in [7, 11) is 1.32. The van der Waals surface area contributed by atoms with Crippen LogP contribution < -0.4 is 5.32 Å². The Bertz CT molecular complexity index is 420. The third-order valence-corrected chi connectivity index (χ3v) is 2.26. The molecule has 0 aliphatic rings. The Morgan fingerprint density at radius 3 is 1.76 bits per heavy atom. The van der Waals surface area contributed by atoms with Gasteiger partial charge < -0.3 is 10.1 Å². The van der Waals surface area contributed by atoms with Crippen molar-refractivity contribution >= 4 is 6.29 Å². The monoisotopic (exact) mass is 253 g/mol. The molecular weight excluding hydrogens is 245 g/mol. The van der Waals surface area contributed by atoms with Crippen molar-refractivity contribution in [1.82, 2.24) is 5.32 Å². The predicted molar refractivity (Wildman–Crippen MR) is 48.8 cm³/mol. The number of nitrogens with one attached hydrogen (secondary N) is 1. The van der Waals surface area contributed by atoms with Crippen molar-refractivity contribution in [2.75, 3.05) is 7.05 Å². The summed E-state index contributed by atoms with van der Waals surface area (Å²) < 4.78 is 64.6. The molecule has 0 spiro atoms. The van der Waals surface area contributed by atoms with Crippen LogP contribution in [0.2, 0.25) is 0 Å². The molecule has 0 amide bonds. The van der Waals surface area contributed by atoms with E-state index in [1.54, 1.807) is 0 Å². The molecule has 0 bridgehead atoms. The van der Waals surface area contributed by atoms with Crippen molar-refractivity contribution in [3.63, 3.8) is 0 Å². The first-order chi connectivity index (χ1) is 7.93. The first-order valence-electron chi connectivity index (χ1n) is 4.56. The minimum atomic E-state index is -2.21. The second-order valence-corrected chi connectivity index (χ2v) is 3.28. The molecule has 1 atom stereocenters. The maximum absolute atomic E-state index is 13.2. The third kappa shape index (κ3) is 2.44. The van der Waals surface area contributed by atoms with Gasteiger partial charge in [0.15, 0.2) is 23.3 Å². The second-order valence-electron chi connectivity index (χ2n) is 3.28. The van der Waals surface area contributed by atoms with Gasteiger partial charge in [0.1, 0.15) is 6.29 Å². The summed E-state index contributed by atoms with van der Waals surface area (Å²) in [4.78, 5) is 10.4. The fraction of sp³-hybridized carbons (Fsp3) is 0.300. The maximum Gasteiger partial charge on any atom is 0.200 e. The van der Waals surface area contributed by atoms with Crippen molar-refractivity contribution in [1.29, 1.82) is 0 Å². The Morgan fingerprint density at radius 1 is 1.00 bits per heavy atom. The van der Waals surface area contributed by atoms with E-state index >= 15 is 0 Å². The Balaban J connectivity index is 3.29. The van der Waals surface area contributed by atoms with Crippen molar-refractivity contribution in [2.45, 2.75) is 12.5 Å². The van der Waals surface area contributed by atoms with E-state index < -0.39 is 47.1 Å². The molecule has 0 aliphatic carbocycles. The molecule has 17 heavy (non-hydrogen) atoms. The van der Waals surface area contributed by atoms with Gasteiger partial charge in [-0.25, -0.2) is 22.0 Å². The van der Waals surface area contributed by atoms with Crippen LogP contribution in [-0.2, 0) is 11.2 Å². The Kier molecular flexibility index (Phi) is 4.17. The van der Waals surface area contributed by atoms with E-state index in [-0.39, 0.29) is 0 Å². The van der Waals surface area contributed by atoms with E-state index in [4.69, 9.17) is 0 Å². The number of benzene rings is 1. The zero-order valence-electron chi connectivity index (χ0n) is 8.66. The molecule has 0 aliphatic heterocycles. The topological polar surface area (TPSA) is 29.1 Å². The van der Waals surface area contributed by atoms with Gasteiger partial charge >= 0.3 is 0 Å². The van der Waals surface area contributed by atoms with E-state index in [0.29, 0.717) is 6.29 Å². The molecule has 0 fully saturated rings. The fourth-order valence-corrected chi connectivity index (χ4v) is 1.27. The lowest BCUT2D eigenvalue weighted by Gasteiger charge is -2.12. The summed E-state index contributed by atoms with van der Waals surface area (Å²) in [5.41, 5.74) is -1.01. The van der Waals surface area contributed by atoms with Crippen molar-refractivity contribution in [2.24, 2.45) is 0 Å². The first-order valence-corrected chi connectivity index (χ1v) is 4.56. The molecule has 1 N–H and O–H groups in total. The number of aldehydes is 1. The lowest BCUT2D eigenvalue weighted by molar-refractivity contribution is -0.109. The molecule has 0 saturated carbocycles. The number of rotatable bonds is 4. The summed E-state index contributed by atoms with van der Waals surface area (Å²) in [6.45, 7) is 0. The molecule has 7 heteroatoms. The average molecular weight is 253 g/mol. The van der Waals surface area contributed by atoms with Gasteiger partial charge in [0.2, 0.25) is 5.82 Å². The summed E-state index contributed by atoms with van der Waals surface area (Å²) in [6.07, 6.45) is -0.302. The molecule has 2 nitrogen and oxygen atoms in total. The van der Waals surface area contributed by atoms with Gasteiger partial charge in [-0.2, -0.15) is 0 Å². The third-order valence-electron chi connectivity index (χ3n) is 2.26. The number of carbonyl (C=O) groups excluding carboxylic acids is 1. The molecule has 1 rings (SSSR count). The summed E-state index contributed by atoms with van der Waals surface area (Å²) >= 11 is 0. The van der Waals surface area contributed by atoms with Crippen LogP contribution in [0.15, 0.2) is 0 Å². The quantitative estimate of drug-likeness (QED) is 0.383. The SMILES string of the molecule is CNC(C=O)Cc1c(F)c(F)c(F)c(F)c1F. The van der Waals surface area contributed by atoms with Gasteiger partial charge in [0.05, 0.1) is 6.04 Å². The predicted octanol–water partition coefficient (Wildman–Crippen LogP) is 1.71. The summed E-state index contributed by atoms with van der Waals surface area (Å²) in [5, 5.41) is 2.37. The van der Waals surface area contributed by atoms with E-state index in [0.717, 1.165) is 0 Å². The minimum absolute atomic E-state index is 0.318. The zero-order chi connectivity index (χ0) is 13.2. The smallest absolute Gasteiger partial charge is 0.200 e. The van der Waals surface area contributed by atoms with E-state index in [1.165, 1.54) is 7.05 Å². The molecule has 0 saturated heterocycles. The Morgan fingerprint density at radius 2 is 1.41 bits per heavy atom. The van der Waals surface area contributed by atoms with Crippen LogP contribution in [0.5, 0.6) is 0 Å². The number of carbonyl (C=O) groups is 1. The van der Waals surface area contributed by atoms with Crippen LogP contribution in [0.3, 0.4) is 0 Å². The van der Waals surface area contributed by atoms with Crippen molar-refractivity contribution < 1.29 is 26.7 Å². The lowest BCUT2D eigenvalue weighted by Crippen LogP contribution is -2.30. The number of hydrogen-bond donors (Lipinski definition) is 1.